The summed E-state index contributed by atoms with van der Waals surface area (Å²) >= 11 is 5.87. The molecule has 2 unspecified atom stereocenters. The van der Waals surface area contributed by atoms with Gasteiger partial charge in [0.25, 0.3) is 0 Å². The van der Waals surface area contributed by atoms with Crippen LogP contribution in [0.25, 0.3) is 0 Å². The third-order valence-corrected chi connectivity index (χ3v) is 3.49. The van der Waals surface area contributed by atoms with Crippen molar-refractivity contribution in [1.29, 1.82) is 0 Å². The smallest absolute Gasteiger partial charge is 0.307 e. The van der Waals surface area contributed by atoms with E-state index in [9.17, 15) is 9.90 Å². The first-order chi connectivity index (χ1) is 7.99. The highest BCUT2D eigenvalue weighted by molar-refractivity contribution is 6.32. The molecule has 1 saturated heterocycles. The van der Waals surface area contributed by atoms with Crippen LogP contribution >= 0.6 is 11.6 Å². The second kappa shape index (κ2) is 4.55. The van der Waals surface area contributed by atoms with Crippen molar-refractivity contribution in [2.45, 2.75) is 19.4 Å². The van der Waals surface area contributed by atoms with E-state index in [-0.39, 0.29) is 17.7 Å². The molecule has 17 heavy (non-hydrogen) atoms. The molecule has 1 fully saturated rings. The molecule has 1 aromatic rings. The number of aryl methyl sites for hydroxylation is 1. The number of aromatic hydroxyl groups is 1. The van der Waals surface area contributed by atoms with Crippen LogP contribution in [-0.2, 0) is 4.79 Å². The normalized spacial score (nSPS) is 23.9. The average Bonchev–Trinajstić information content (AvgIpc) is 2.72. The number of hydrogen-bond acceptors (Lipinski definition) is 3. The van der Waals surface area contributed by atoms with Crippen LogP contribution in [0, 0.1) is 12.8 Å². The third kappa shape index (κ3) is 2.37. The van der Waals surface area contributed by atoms with Gasteiger partial charge in [0.2, 0.25) is 0 Å². The van der Waals surface area contributed by atoms with Crippen molar-refractivity contribution < 1.29 is 15.0 Å². The monoisotopic (exact) mass is 255 g/mol. The predicted octanol–water partition coefficient (Wildman–Crippen LogP) is 2.09. The van der Waals surface area contributed by atoms with Crippen molar-refractivity contribution in [1.82, 2.24) is 5.32 Å². The molecule has 3 N–H and O–H groups in total. The Morgan fingerprint density at radius 2 is 2.24 bits per heavy atom. The Hall–Kier alpha value is -1.26. The molecule has 4 nitrogen and oxygen atoms in total. The third-order valence-electron chi connectivity index (χ3n) is 3.19. The number of nitrogens with one attached hydrogen (secondary N) is 1. The minimum Gasteiger partial charge on any atom is -0.506 e. The fraction of sp³-hybridized carbons (Fsp3) is 0.417. The zero-order valence-corrected chi connectivity index (χ0v) is 10.2. The average molecular weight is 256 g/mol. The summed E-state index contributed by atoms with van der Waals surface area (Å²) in [5.74, 6) is -1.07. The minimum atomic E-state index is -0.775. The summed E-state index contributed by atoms with van der Waals surface area (Å²) in [6.45, 7) is 2.35. The van der Waals surface area contributed by atoms with Crippen molar-refractivity contribution in [3.8, 4) is 5.75 Å². The maximum Gasteiger partial charge on any atom is 0.307 e. The summed E-state index contributed by atoms with van der Waals surface area (Å²) in [7, 11) is 0. The Morgan fingerprint density at radius 1 is 1.53 bits per heavy atom. The van der Waals surface area contributed by atoms with Crippen molar-refractivity contribution >= 4 is 17.6 Å². The Kier molecular flexibility index (Phi) is 3.26. The molecule has 0 spiro atoms. The Bertz CT molecular complexity index is 461. The molecular weight excluding hydrogens is 242 g/mol. The van der Waals surface area contributed by atoms with E-state index in [1.807, 2.05) is 6.92 Å². The van der Waals surface area contributed by atoms with Gasteiger partial charge in [0.1, 0.15) is 5.75 Å². The topological polar surface area (TPSA) is 69.6 Å². The molecule has 5 heteroatoms. The van der Waals surface area contributed by atoms with Gasteiger partial charge < -0.3 is 15.5 Å². The fourth-order valence-corrected chi connectivity index (χ4v) is 2.39. The molecule has 1 aromatic carbocycles. The first kappa shape index (κ1) is 12.2. The van der Waals surface area contributed by atoms with Crippen molar-refractivity contribution in [2.24, 2.45) is 5.92 Å². The second-order valence-electron chi connectivity index (χ2n) is 4.39. The fourth-order valence-electron chi connectivity index (χ4n) is 2.22. The molecule has 0 radical (unpaired) electrons. The molecule has 1 aliphatic rings. The number of hydrogen-bond donors (Lipinski definition) is 3. The maximum atomic E-state index is 10.9. The van der Waals surface area contributed by atoms with Crippen LogP contribution in [-0.4, -0.2) is 22.7 Å². The first-order valence-corrected chi connectivity index (χ1v) is 5.82. The zero-order chi connectivity index (χ0) is 12.6. The van der Waals surface area contributed by atoms with Gasteiger partial charge in [-0.25, -0.2) is 0 Å². The van der Waals surface area contributed by atoms with E-state index in [0.29, 0.717) is 18.0 Å². The van der Waals surface area contributed by atoms with Gasteiger partial charge in [-0.1, -0.05) is 11.6 Å². The van der Waals surface area contributed by atoms with Crippen LogP contribution in [0.2, 0.25) is 5.02 Å². The molecule has 0 aromatic heterocycles. The van der Waals surface area contributed by atoms with Gasteiger partial charge in [0, 0.05) is 12.6 Å². The highest BCUT2D eigenvalue weighted by atomic mass is 35.5. The number of halogens is 1. The van der Waals surface area contributed by atoms with Crippen molar-refractivity contribution in [3.05, 3.63) is 28.3 Å². The number of phenolic OH excluding ortho intramolecular Hbond substituents is 1. The molecule has 0 amide bonds. The van der Waals surface area contributed by atoms with E-state index >= 15 is 0 Å². The molecule has 0 aliphatic carbocycles. The molecule has 2 atom stereocenters. The SMILES string of the molecule is Cc1cc(O)c(Cl)cc1C1CC(C(=O)O)CN1. The van der Waals surface area contributed by atoms with Crippen LogP contribution in [0.3, 0.4) is 0 Å². The summed E-state index contributed by atoms with van der Waals surface area (Å²) < 4.78 is 0. The summed E-state index contributed by atoms with van der Waals surface area (Å²) in [6.07, 6.45) is 0.553. The Balaban J connectivity index is 2.24. The lowest BCUT2D eigenvalue weighted by atomic mass is 9.96. The van der Waals surface area contributed by atoms with Crippen LogP contribution < -0.4 is 5.32 Å². The number of carbonyl (C=O) groups is 1. The number of phenols is 1. The van der Waals surface area contributed by atoms with E-state index < -0.39 is 5.97 Å². The van der Waals surface area contributed by atoms with E-state index in [1.165, 1.54) is 0 Å². The molecule has 0 saturated carbocycles. The number of carboxylic acid groups (broad SMARTS) is 1. The number of carboxylic acids is 1. The quantitative estimate of drug-likeness (QED) is 0.757. The summed E-state index contributed by atoms with van der Waals surface area (Å²) in [4.78, 5) is 10.9. The molecule has 92 valence electrons. The minimum absolute atomic E-state index is 0.00537. The Morgan fingerprint density at radius 3 is 2.82 bits per heavy atom. The lowest BCUT2D eigenvalue weighted by Crippen LogP contribution is -2.17. The Labute approximate surface area is 104 Å². The number of aliphatic carboxylic acids is 1. The molecule has 2 rings (SSSR count). The van der Waals surface area contributed by atoms with E-state index in [0.717, 1.165) is 11.1 Å². The van der Waals surface area contributed by atoms with Crippen LogP contribution in [0.15, 0.2) is 12.1 Å². The van der Waals surface area contributed by atoms with Gasteiger partial charge in [0.15, 0.2) is 0 Å². The van der Waals surface area contributed by atoms with Gasteiger partial charge in [-0.3, -0.25) is 4.79 Å². The van der Waals surface area contributed by atoms with E-state index in [4.69, 9.17) is 16.7 Å². The predicted molar refractivity (Wildman–Crippen MR) is 64.3 cm³/mol. The zero-order valence-electron chi connectivity index (χ0n) is 9.40. The van der Waals surface area contributed by atoms with Crippen LogP contribution in [0.1, 0.15) is 23.6 Å². The van der Waals surface area contributed by atoms with Crippen molar-refractivity contribution in [3.63, 3.8) is 0 Å². The number of benzene rings is 1. The number of rotatable bonds is 2. The van der Waals surface area contributed by atoms with Crippen LogP contribution in [0.4, 0.5) is 0 Å². The molecular formula is C12H14ClNO3. The van der Waals surface area contributed by atoms with Gasteiger partial charge in [-0.2, -0.15) is 0 Å². The second-order valence-corrected chi connectivity index (χ2v) is 4.80. The largest absolute Gasteiger partial charge is 0.506 e. The molecule has 1 heterocycles. The molecule has 0 bridgehead atoms. The van der Waals surface area contributed by atoms with Crippen LogP contribution in [0.5, 0.6) is 5.75 Å². The van der Waals surface area contributed by atoms with E-state index in [2.05, 4.69) is 5.32 Å². The lowest BCUT2D eigenvalue weighted by molar-refractivity contribution is -0.141. The van der Waals surface area contributed by atoms with Gasteiger partial charge >= 0.3 is 5.97 Å². The van der Waals surface area contributed by atoms with Crippen molar-refractivity contribution in [2.75, 3.05) is 6.54 Å². The standard InChI is InChI=1S/C12H14ClNO3/c1-6-2-11(15)9(13)4-8(6)10-3-7(5-14-10)12(16)17/h2,4,7,10,14-15H,3,5H2,1H3,(H,16,17). The van der Waals surface area contributed by atoms with Gasteiger partial charge in [-0.05, 0) is 36.6 Å². The maximum absolute atomic E-state index is 10.9. The summed E-state index contributed by atoms with van der Waals surface area (Å²) in [6, 6.07) is 3.30. The lowest BCUT2D eigenvalue weighted by Gasteiger charge is -2.15. The van der Waals surface area contributed by atoms with Gasteiger partial charge in [0.05, 0.1) is 10.9 Å². The first-order valence-electron chi connectivity index (χ1n) is 5.44. The van der Waals surface area contributed by atoms with Gasteiger partial charge in [-0.15, -0.1) is 0 Å². The summed E-state index contributed by atoms with van der Waals surface area (Å²) in [5.41, 5.74) is 1.87. The summed E-state index contributed by atoms with van der Waals surface area (Å²) in [5, 5.41) is 21.9. The highest BCUT2D eigenvalue weighted by Gasteiger charge is 2.31. The van der Waals surface area contributed by atoms with E-state index in [1.54, 1.807) is 12.1 Å². The molecule has 1 aliphatic heterocycles. The highest BCUT2D eigenvalue weighted by Crippen LogP contribution is 2.34.